The van der Waals surface area contributed by atoms with Crippen molar-refractivity contribution in [2.75, 3.05) is 6.54 Å². The molecular weight excluding hydrogens is 183 g/mol. The molecule has 0 amide bonds. The smallest absolute Gasteiger partial charge is 0.329 e. The van der Waals surface area contributed by atoms with Crippen molar-refractivity contribution < 1.29 is 13.2 Å². The lowest BCUT2D eigenvalue weighted by atomic mass is 10.3. The number of aromatic nitrogens is 2. The van der Waals surface area contributed by atoms with Crippen molar-refractivity contribution in [1.82, 2.24) is 9.78 Å². The van der Waals surface area contributed by atoms with E-state index in [2.05, 4.69) is 5.10 Å². The standard InChI is InChI=1S/C7H10F3N3/c1-5-4-6(7(8,9)10)13(12-5)3-2-11/h4H,2-3,11H2,1H3. The number of rotatable bonds is 2. The monoisotopic (exact) mass is 193 g/mol. The van der Waals surface area contributed by atoms with Gasteiger partial charge in [-0.15, -0.1) is 0 Å². The Kier molecular flexibility index (Phi) is 2.60. The quantitative estimate of drug-likeness (QED) is 0.766. The van der Waals surface area contributed by atoms with Gasteiger partial charge in [-0.2, -0.15) is 18.3 Å². The van der Waals surface area contributed by atoms with E-state index < -0.39 is 11.9 Å². The fraction of sp³-hybridized carbons (Fsp3) is 0.571. The molecule has 74 valence electrons. The van der Waals surface area contributed by atoms with Crippen molar-refractivity contribution in [1.29, 1.82) is 0 Å². The van der Waals surface area contributed by atoms with Crippen LogP contribution in [0.1, 0.15) is 11.4 Å². The van der Waals surface area contributed by atoms with E-state index in [1.807, 2.05) is 0 Å². The van der Waals surface area contributed by atoms with Crippen LogP contribution in [0.3, 0.4) is 0 Å². The maximum Gasteiger partial charge on any atom is 0.433 e. The molecule has 0 aromatic carbocycles. The zero-order valence-electron chi connectivity index (χ0n) is 7.10. The summed E-state index contributed by atoms with van der Waals surface area (Å²) < 4.78 is 37.7. The summed E-state index contributed by atoms with van der Waals surface area (Å²) in [6.45, 7) is 1.75. The second-order valence-electron chi connectivity index (χ2n) is 2.68. The van der Waals surface area contributed by atoms with Crippen molar-refractivity contribution in [3.63, 3.8) is 0 Å². The fourth-order valence-electron chi connectivity index (χ4n) is 1.07. The Morgan fingerprint density at radius 3 is 2.62 bits per heavy atom. The highest BCUT2D eigenvalue weighted by Gasteiger charge is 2.35. The van der Waals surface area contributed by atoms with Crippen molar-refractivity contribution in [3.8, 4) is 0 Å². The molecule has 0 aliphatic heterocycles. The number of halogens is 3. The number of nitrogens with two attached hydrogens (primary N) is 1. The van der Waals surface area contributed by atoms with Gasteiger partial charge in [0, 0.05) is 6.54 Å². The molecular formula is C7H10F3N3. The van der Waals surface area contributed by atoms with Gasteiger partial charge in [-0.3, -0.25) is 4.68 Å². The minimum atomic E-state index is -4.35. The van der Waals surface area contributed by atoms with Crippen LogP contribution in [0, 0.1) is 6.92 Å². The Morgan fingerprint density at radius 2 is 2.15 bits per heavy atom. The lowest BCUT2D eigenvalue weighted by Gasteiger charge is -2.08. The first kappa shape index (κ1) is 10.0. The van der Waals surface area contributed by atoms with Crippen LogP contribution in [0.2, 0.25) is 0 Å². The van der Waals surface area contributed by atoms with Gasteiger partial charge in [0.05, 0.1) is 12.2 Å². The molecule has 1 aromatic heterocycles. The molecule has 0 aliphatic carbocycles. The van der Waals surface area contributed by atoms with Gasteiger partial charge in [-0.05, 0) is 13.0 Å². The molecule has 2 N–H and O–H groups in total. The van der Waals surface area contributed by atoms with E-state index in [-0.39, 0.29) is 13.1 Å². The molecule has 0 saturated heterocycles. The van der Waals surface area contributed by atoms with Crippen molar-refractivity contribution in [2.45, 2.75) is 19.6 Å². The average molecular weight is 193 g/mol. The van der Waals surface area contributed by atoms with Crippen LogP contribution in [0.4, 0.5) is 13.2 Å². The van der Waals surface area contributed by atoms with Gasteiger partial charge < -0.3 is 5.73 Å². The first-order valence-electron chi connectivity index (χ1n) is 3.77. The largest absolute Gasteiger partial charge is 0.433 e. The van der Waals surface area contributed by atoms with Crippen molar-refractivity contribution in [2.24, 2.45) is 5.73 Å². The van der Waals surface area contributed by atoms with Crippen molar-refractivity contribution in [3.05, 3.63) is 17.5 Å². The van der Waals surface area contributed by atoms with Gasteiger partial charge in [0.15, 0.2) is 0 Å². The predicted molar refractivity (Wildman–Crippen MR) is 41.0 cm³/mol. The number of hydrogen-bond acceptors (Lipinski definition) is 2. The molecule has 0 bridgehead atoms. The van der Waals surface area contributed by atoms with Crippen LogP contribution in [0.25, 0.3) is 0 Å². The van der Waals surface area contributed by atoms with Gasteiger partial charge in [-0.1, -0.05) is 0 Å². The van der Waals surface area contributed by atoms with Crippen LogP contribution >= 0.6 is 0 Å². The predicted octanol–water partition coefficient (Wildman–Crippen LogP) is 1.17. The van der Waals surface area contributed by atoms with E-state index >= 15 is 0 Å². The van der Waals surface area contributed by atoms with Gasteiger partial charge in [-0.25, -0.2) is 0 Å². The second kappa shape index (κ2) is 3.37. The highest BCUT2D eigenvalue weighted by Crippen LogP contribution is 2.29. The van der Waals surface area contributed by atoms with Gasteiger partial charge in [0.25, 0.3) is 0 Å². The van der Waals surface area contributed by atoms with Crippen LogP contribution < -0.4 is 5.73 Å². The molecule has 6 heteroatoms. The van der Waals surface area contributed by atoms with Crippen LogP contribution in [0.15, 0.2) is 6.07 Å². The molecule has 0 atom stereocenters. The lowest BCUT2D eigenvalue weighted by molar-refractivity contribution is -0.144. The topological polar surface area (TPSA) is 43.8 Å². The second-order valence-corrected chi connectivity index (χ2v) is 2.68. The highest BCUT2D eigenvalue weighted by atomic mass is 19.4. The third-order valence-electron chi connectivity index (χ3n) is 1.53. The SMILES string of the molecule is Cc1cc(C(F)(F)F)n(CCN)n1. The van der Waals surface area contributed by atoms with Crippen LogP contribution in [-0.2, 0) is 12.7 Å². The normalized spacial score (nSPS) is 12.1. The average Bonchev–Trinajstić information content (AvgIpc) is 2.30. The molecule has 1 rings (SSSR count). The van der Waals surface area contributed by atoms with Gasteiger partial charge >= 0.3 is 6.18 Å². The Morgan fingerprint density at radius 1 is 1.54 bits per heavy atom. The first-order chi connectivity index (χ1) is 5.95. The summed E-state index contributed by atoms with van der Waals surface area (Å²) in [5, 5.41) is 3.68. The summed E-state index contributed by atoms with van der Waals surface area (Å²) >= 11 is 0. The molecule has 0 spiro atoms. The minimum absolute atomic E-state index is 0.0860. The number of alkyl halides is 3. The zero-order valence-corrected chi connectivity index (χ0v) is 7.10. The molecule has 0 fully saturated rings. The summed E-state index contributed by atoms with van der Waals surface area (Å²) in [6.07, 6.45) is -4.35. The summed E-state index contributed by atoms with van der Waals surface area (Å²) in [5.74, 6) is 0. The number of hydrogen-bond donors (Lipinski definition) is 1. The van der Waals surface area contributed by atoms with E-state index in [0.717, 1.165) is 10.7 Å². The molecule has 0 radical (unpaired) electrons. The molecule has 0 aliphatic rings. The van der Waals surface area contributed by atoms with Gasteiger partial charge in [0.2, 0.25) is 0 Å². The Bertz CT molecular complexity index is 290. The molecule has 13 heavy (non-hydrogen) atoms. The molecule has 0 unspecified atom stereocenters. The third-order valence-corrected chi connectivity index (χ3v) is 1.53. The van der Waals surface area contributed by atoms with E-state index in [9.17, 15) is 13.2 Å². The maximum atomic E-state index is 12.3. The summed E-state index contributed by atoms with van der Waals surface area (Å²) in [5.41, 5.74) is 4.76. The zero-order chi connectivity index (χ0) is 10.1. The van der Waals surface area contributed by atoms with Crippen molar-refractivity contribution >= 4 is 0 Å². The molecule has 0 saturated carbocycles. The molecule has 3 nitrogen and oxygen atoms in total. The maximum absolute atomic E-state index is 12.3. The third kappa shape index (κ3) is 2.21. The fourth-order valence-corrected chi connectivity index (χ4v) is 1.07. The molecule has 1 aromatic rings. The minimum Gasteiger partial charge on any atom is -0.329 e. The molecule has 1 heterocycles. The van der Waals surface area contributed by atoms with E-state index in [0.29, 0.717) is 5.69 Å². The Labute approximate surface area is 73.3 Å². The Hall–Kier alpha value is -1.04. The van der Waals surface area contributed by atoms with Gasteiger partial charge in [0.1, 0.15) is 5.69 Å². The van der Waals surface area contributed by atoms with E-state index in [4.69, 9.17) is 5.73 Å². The van der Waals surface area contributed by atoms with Crippen LogP contribution in [-0.4, -0.2) is 16.3 Å². The first-order valence-corrected chi connectivity index (χ1v) is 3.77. The highest BCUT2D eigenvalue weighted by molar-refractivity contribution is 5.12. The Balaban J connectivity index is 3.04. The van der Waals surface area contributed by atoms with Crippen LogP contribution in [0.5, 0.6) is 0 Å². The van der Waals surface area contributed by atoms with E-state index in [1.54, 1.807) is 0 Å². The number of nitrogens with zero attached hydrogens (tertiary/aromatic N) is 2. The summed E-state index contributed by atoms with van der Waals surface area (Å²) in [7, 11) is 0. The lowest BCUT2D eigenvalue weighted by Crippen LogP contribution is -2.18. The number of aryl methyl sites for hydroxylation is 1. The van der Waals surface area contributed by atoms with E-state index in [1.165, 1.54) is 6.92 Å². The summed E-state index contributed by atoms with van der Waals surface area (Å²) in [4.78, 5) is 0. The summed E-state index contributed by atoms with van der Waals surface area (Å²) in [6, 6.07) is 1.01.